The maximum absolute atomic E-state index is 12.1. The number of nitrogens with two attached hydrogens (primary N) is 4. The lowest BCUT2D eigenvalue weighted by molar-refractivity contribution is -0.432. The Bertz CT molecular complexity index is 1700. The lowest BCUT2D eigenvalue weighted by atomic mass is 10.2. The van der Waals surface area contributed by atoms with Gasteiger partial charge in [-0.3, -0.25) is 14.1 Å². The molecule has 0 saturated carbocycles. The van der Waals surface area contributed by atoms with E-state index >= 15 is 0 Å². The number of hydrogen-bond acceptors (Lipinski definition) is 12. The van der Waals surface area contributed by atoms with Gasteiger partial charge in [0.25, 0.3) is 21.9 Å². The van der Waals surface area contributed by atoms with Crippen molar-refractivity contribution in [1.82, 2.24) is 0 Å². The van der Waals surface area contributed by atoms with Crippen LogP contribution in [-0.4, -0.2) is 30.0 Å². The van der Waals surface area contributed by atoms with Crippen LogP contribution < -0.4 is 33.6 Å². The van der Waals surface area contributed by atoms with E-state index < -0.39 is 20.9 Å². The van der Waals surface area contributed by atoms with Gasteiger partial charge in [-0.05, 0) is 72.8 Å². The monoisotopic (exact) mass is 614 g/mol. The van der Waals surface area contributed by atoms with Gasteiger partial charge in [-0.25, -0.2) is 5.26 Å². The lowest BCUT2D eigenvalue weighted by Crippen LogP contribution is -2.13. The highest BCUT2D eigenvalue weighted by molar-refractivity contribution is 7.94. The van der Waals surface area contributed by atoms with E-state index in [1.807, 2.05) is 0 Å². The second kappa shape index (κ2) is 14.2. The average molecular weight is 615 g/mol. The van der Waals surface area contributed by atoms with Crippen molar-refractivity contribution in [2.24, 2.45) is 0 Å². The predicted molar refractivity (Wildman–Crippen MR) is 160 cm³/mol. The van der Waals surface area contributed by atoms with Crippen LogP contribution >= 0.6 is 12.0 Å². The van der Waals surface area contributed by atoms with E-state index in [0.717, 1.165) is 6.07 Å². The minimum Gasteiger partial charge on any atom is -0.399 e. The quantitative estimate of drug-likeness (QED) is 0.0461. The third kappa shape index (κ3) is 9.10. The number of hydrogen-bond donors (Lipinski definition) is 8. The Morgan fingerprint density at radius 3 is 1.86 bits per heavy atom. The summed E-state index contributed by atoms with van der Waals surface area (Å²) in [5, 5.41) is 16.9. The molecule has 0 radical (unpaired) electrons. The fourth-order valence-electron chi connectivity index (χ4n) is 3.36. The van der Waals surface area contributed by atoms with Crippen molar-refractivity contribution in [1.29, 1.82) is 0 Å². The maximum Gasteiger partial charge on any atom is 0.296 e. The fraction of sp³-hybridized carbons (Fsp3) is 0. The summed E-state index contributed by atoms with van der Waals surface area (Å²) in [4.78, 5) is 24.2. The van der Waals surface area contributed by atoms with Gasteiger partial charge < -0.3 is 33.6 Å². The van der Waals surface area contributed by atoms with E-state index in [1.165, 1.54) is 18.2 Å². The highest BCUT2D eigenvalue weighted by Gasteiger charge is 2.16. The van der Waals surface area contributed by atoms with E-state index in [1.54, 1.807) is 60.7 Å². The molecule has 0 aliphatic heterocycles. The Hall–Kier alpha value is -4.84. The molecule has 0 heterocycles. The molecule has 2 amide bonds. The van der Waals surface area contributed by atoms with Gasteiger partial charge >= 0.3 is 0 Å². The summed E-state index contributed by atoms with van der Waals surface area (Å²) >= 11 is 0.710. The molecule has 4 aromatic carbocycles. The molecule has 4 rings (SSSR count). The Labute approximate surface area is 244 Å². The van der Waals surface area contributed by atoms with Crippen LogP contribution in [0.5, 0.6) is 0 Å². The molecule has 16 heteroatoms. The summed E-state index contributed by atoms with van der Waals surface area (Å²) in [6.45, 7) is 0. The second-order valence-electron chi connectivity index (χ2n) is 8.37. The van der Waals surface area contributed by atoms with E-state index in [9.17, 15) is 18.0 Å². The van der Waals surface area contributed by atoms with Crippen molar-refractivity contribution in [2.75, 3.05) is 33.6 Å². The minimum atomic E-state index is -4.46. The molecule has 4 aromatic rings. The molecule has 0 saturated heterocycles. The van der Waals surface area contributed by atoms with Gasteiger partial charge in [-0.15, -0.1) is 4.33 Å². The average Bonchev–Trinajstić information content (AvgIpc) is 2.94. The molecular weight excluding hydrogens is 588 g/mol. The molecule has 0 aromatic heterocycles. The lowest BCUT2D eigenvalue weighted by Gasteiger charge is -2.10. The number of benzene rings is 4. The zero-order valence-corrected chi connectivity index (χ0v) is 23.2. The molecule has 0 aliphatic rings. The van der Waals surface area contributed by atoms with E-state index in [-0.39, 0.29) is 17.3 Å². The molecule has 42 heavy (non-hydrogen) atoms. The highest BCUT2D eigenvalue weighted by Crippen LogP contribution is 2.30. The van der Waals surface area contributed by atoms with Crippen molar-refractivity contribution in [3.63, 3.8) is 0 Å². The van der Waals surface area contributed by atoms with Crippen LogP contribution in [0.2, 0.25) is 0 Å². The normalized spacial score (nSPS) is 10.7. The Kier molecular flexibility index (Phi) is 10.7. The largest absolute Gasteiger partial charge is 0.399 e. The highest BCUT2D eigenvalue weighted by atomic mass is 32.2. The number of nitrogens with one attached hydrogen (secondary N) is 2. The number of nitrogen functional groups attached to an aromatic ring is 4. The van der Waals surface area contributed by atoms with Crippen LogP contribution in [0.15, 0.2) is 94.7 Å². The topological polar surface area (TPSA) is 255 Å². The number of rotatable bonds is 8. The fourth-order valence-corrected chi connectivity index (χ4v) is 4.49. The minimum absolute atomic E-state index is 0.112. The van der Waals surface area contributed by atoms with Crippen LogP contribution in [0, 0.1) is 0 Å². The van der Waals surface area contributed by atoms with E-state index in [0.29, 0.717) is 50.8 Å². The Morgan fingerprint density at radius 2 is 1.31 bits per heavy atom. The first-order valence-electron chi connectivity index (χ1n) is 11.6. The van der Waals surface area contributed by atoms with Crippen LogP contribution in [0.1, 0.15) is 20.7 Å². The summed E-state index contributed by atoms with van der Waals surface area (Å²) in [6.07, 6.45) is 0. The zero-order chi connectivity index (χ0) is 30.9. The first-order valence-corrected chi connectivity index (χ1v) is 13.8. The number of amides is 2. The van der Waals surface area contributed by atoms with Gasteiger partial charge in [0.2, 0.25) is 0 Å². The van der Waals surface area contributed by atoms with Gasteiger partial charge in [0.05, 0.1) is 28.3 Å². The molecule has 220 valence electrons. The summed E-state index contributed by atoms with van der Waals surface area (Å²) in [5.41, 5.74) is 25.0. The summed E-state index contributed by atoms with van der Waals surface area (Å²) < 4.78 is 35.7. The molecule has 0 unspecified atom stereocenters. The van der Waals surface area contributed by atoms with Gasteiger partial charge in [-0.1, -0.05) is 17.2 Å². The number of anilines is 6. The van der Waals surface area contributed by atoms with Crippen LogP contribution in [-0.2, 0) is 19.5 Å². The van der Waals surface area contributed by atoms with Crippen molar-refractivity contribution in [3.05, 3.63) is 96.1 Å². The summed E-state index contributed by atoms with van der Waals surface area (Å²) in [7, 11) is -4.46. The molecule has 0 atom stereocenters. The molecule has 0 aliphatic carbocycles. The third-order valence-electron chi connectivity index (χ3n) is 5.26. The van der Waals surface area contributed by atoms with Gasteiger partial charge in [0, 0.05) is 33.9 Å². The third-order valence-corrected chi connectivity index (χ3v) is 6.81. The van der Waals surface area contributed by atoms with Crippen LogP contribution in [0.25, 0.3) is 0 Å². The first-order chi connectivity index (χ1) is 19.9. The van der Waals surface area contributed by atoms with Crippen LogP contribution in [0.4, 0.5) is 34.1 Å². The summed E-state index contributed by atoms with van der Waals surface area (Å²) in [5.74, 6) is -0.799. The SMILES string of the molecule is Nc1cccc(C(=O)Nc2ccc(N)c(S(=O)(=O)O)c2)c1.Nc1cccc(C(=O)Nc2ccc(N)cc2SOOO)c1. The maximum atomic E-state index is 12.1. The Balaban J connectivity index is 0.000000230. The van der Waals surface area contributed by atoms with Crippen molar-refractivity contribution in [3.8, 4) is 0 Å². The standard InChI is InChI=1S/2C13H13N3O4S/c14-9-3-1-2-8(6-9)13(17)16-10-4-5-11(15)12(7-10)21(18,19)20;14-9-3-1-2-8(6-9)13(17)16-11-5-4-10(15)7-12(11)21-20-19-18/h1-7H,14-15H2,(H,16,17)(H,18,19,20);1-7,18H,14-15H2,(H,16,17). The second-order valence-corrected chi connectivity index (χ2v) is 10.5. The predicted octanol–water partition coefficient (Wildman–Crippen LogP) is 3.88. The van der Waals surface area contributed by atoms with Crippen LogP contribution in [0.3, 0.4) is 0 Å². The van der Waals surface area contributed by atoms with E-state index in [2.05, 4.69) is 20.0 Å². The first kappa shape index (κ1) is 31.7. The van der Waals surface area contributed by atoms with E-state index in [4.69, 9.17) is 32.7 Å². The summed E-state index contributed by atoms with van der Waals surface area (Å²) in [6, 6.07) is 21.5. The van der Waals surface area contributed by atoms with Gasteiger partial charge in [0.15, 0.2) is 0 Å². The molecular formula is C26H26N6O8S2. The molecule has 0 bridgehead atoms. The molecule has 12 N–H and O–H groups in total. The zero-order valence-electron chi connectivity index (χ0n) is 21.6. The molecule has 0 spiro atoms. The molecule has 14 nitrogen and oxygen atoms in total. The molecule has 0 fully saturated rings. The van der Waals surface area contributed by atoms with Crippen molar-refractivity contribution >= 4 is 68.1 Å². The van der Waals surface area contributed by atoms with Gasteiger partial charge in [0.1, 0.15) is 4.90 Å². The van der Waals surface area contributed by atoms with Gasteiger partial charge in [-0.2, -0.15) is 8.42 Å². The number of carbonyl (C=O) groups excluding carboxylic acids is 2. The van der Waals surface area contributed by atoms with Crippen molar-refractivity contribution < 1.29 is 37.2 Å². The Morgan fingerprint density at radius 1 is 0.738 bits per heavy atom. The smallest absolute Gasteiger partial charge is 0.296 e. The number of carbonyl (C=O) groups is 2. The van der Waals surface area contributed by atoms with Crippen molar-refractivity contribution in [2.45, 2.75) is 9.79 Å².